The summed E-state index contributed by atoms with van der Waals surface area (Å²) in [6.45, 7) is 4.90. The van der Waals surface area contributed by atoms with Gasteiger partial charge in [0.1, 0.15) is 11.3 Å². The molecule has 0 radical (unpaired) electrons. The molecule has 1 saturated heterocycles. The van der Waals surface area contributed by atoms with Crippen LogP contribution in [0.2, 0.25) is 0 Å². The van der Waals surface area contributed by atoms with Crippen molar-refractivity contribution in [3.8, 4) is 0 Å². The molecule has 0 N–H and O–H groups in total. The number of amides is 2. The van der Waals surface area contributed by atoms with E-state index in [2.05, 4.69) is 5.16 Å². The predicted molar refractivity (Wildman–Crippen MR) is 97.7 cm³/mol. The lowest BCUT2D eigenvalue weighted by Crippen LogP contribution is -2.51. The van der Waals surface area contributed by atoms with Crippen LogP contribution in [0.3, 0.4) is 0 Å². The number of ether oxygens (including phenoxy) is 1. The summed E-state index contributed by atoms with van der Waals surface area (Å²) in [6, 6.07) is 3.63. The van der Waals surface area contributed by atoms with E-state index in [1.807, 2.05) is 18.4 Å². The Kier molecular flexibility index (Phi) is 5.90. The zero-order chi connectivity index (χ0) is 19.4. The fraction of sp³-hybridized carbons (Fsp3) is 0.444. The van der Waals surface area contributed by atoms with Gasteiger partial charge in [-0.15, -0.1) is 11.3 Å². The third-order valence-corrected chi connectivity index (χ3v) is 5.31. The second kappa shape index (κ2) is 8.34. The minimum absolute atomic E-state index is 0.0152. The quantitative estimate of drug-likeness (QED) is 0.721. The van der Waals surface area contributed by atoms with Crippen molar-refractivity contribution in [2.75, 3.05) is 32.8 Å². The molecule has 1 aliphatic heterocycles. The highest BCUT2D eigenvalue weighted by Crippen LogP contribution is 2.16. The Morgan fingerprint density at radius 2 is 1.93 bits per heavy atom. The first-order valence-corrected chi connectivity index (χ1v) is 9.62. The van der Waals surface area contributed by atoms with Crippen LogP contribution in [0.15, 0.2) is 22.0 Å². The fourth-order valence-corrected chi connectivity index (χ4v) is 3.62. The average Bonchev–Trinajstić information content (AvgIpc) is 3.35. The largest absolute Gasteiger partial charge is 0.452 e. The Morgan fingerprint density at radius 1 is 1.22 bits per heavy atom. The van der Waals surface area contributed by atoms with Crippen molar-refractivity contribution < 1.29 is 23.6 Å². The third-order valence-electron chi connectivity index (χ3n) is 4.45. The molecule has 0 aliphatic carbocycles. The van der Waals surface area contributed by atoms with Crippen LogP contribution in [0.25, 0.3) is 0 Å². The summed E-state index contributed by atoms with van der Waals surface area (Å²) in [5.41, 5.74) is 0.808. The van der Waals surface area contributed by atoms with Crippen LogP contribution in [-0.2, 0) is 16.0 Å². The van der Waals surface area contributed by atoms with Crippen LogP contribution in [0.1, 0.15) is 38.4 Å². The molecule has 2 aromatic heterocycles. The highest BCUT2D eigenvalue weighted by atomic mass is 32.1. The molecule has 2 aromatic rings. The molecule has 0 unspecified atom stereocenters. The molecule has 144 valence electrons. The summed E-state index contributed by atoms with van der Waals surface area (Å²) >= 11 is 1.40. The zero-order valence-electron chi connectivity index (χ0n) is 15.3. The van der Waals surface area contributed by atoms with E-state index in [1.54, 1.807) is 22.8 Å². The smallest absolute Gasteiger partial charge is 0.344 e. The SMILES string of the molecule is CCc1noc(C)c1C(=O)OCC(=O)N1CCN(C(=O)c2cccs2)CC1. The zero-order valence-corrected chi connectivity index (χ0v) is 16.1. The molecule has 27 heavy (non-hydrogen) atoms. The molecule has 3 rings (SSSR count). The number of rotatable bonds is 5. The molecule has 3 heterocycles. The van der Waals surface area contributed by atoms with Crippen LogP contribution in [0.4, 0.5) is 0 Å². The maximum atomic E-state index is 12.3. The van der Waals surface area contributed by atoms with Gasteiger partial charge in [0.25, 0.3) is 11.8 Å². The highest BCUT2D eigenvalue weighted by molar-refractivity contribution is 7.12. The molecule has 9 heteroatoms. The minimum atomic E-state index is -0.606. The van der Waals surface area contributed by atoms with Gasteiger partial charge in [0.2, 0.25) is 0 Å². The maximum Gasteiger partial charge on any atom is 0.344 e. The van der Waals surface area contributed by atoms with Crippen LogP contribution < -0.4 is 0 Å². The standard InChI is InChI=1S/C18H21N3O5S/c1-3-13-16(12(2)26-19-13)18(24)25-11-15(22)20-6-8-21(9-7-20)17(23)14-5-4-10-27-14/h4-5,10H,3,6-9,11H2,1-2H3. The maximum absolute atomic E-state index is 12.3. The molecule has 8 nitrogen and oxygen atoms in total. The van der Waals surface area contributed by atoms with Crippen molar-refractivity contribution in [1.82, 2.24) is 15.0 Å². The van der Waals surface area contributed by atoms with E-state index in [0.717, 1.165) is 0 Å². The lowest BCUT2D eigenvalue weighted by atomic mass is 10.1. The first kappa shape index (κ1) is 19.1. The number of hydrogen-bond acceptors (Lipinski definition) is 7. The Hall–Kier alpha value is -2.68. The lowest BCUT2D eigenvalue weighted by Gasteiger charge is -2.34. The van der Waals surface area contributed by atoms with Crippen LogP contribution in [-0.4, -0.2) is 65.5 Å². The van der Waals surface area contributed by atoms with Gasteiger partial charge in [0, 0.05) is 26.2 Å². The van der Waals surface area contributed by atoms with Crippen molar-refractivity contribution in [3.05, 3.63) is 39.4 Å². The van der Waals surface area contributed by atoms with Crippen molar-refractivity contribution in [1.29, 1.82) is 0 Å². The molecule has 0 spiro atoms. The van der Waals surface area contributed by atoms with E-state index in [0.29, 0.717) is 48.9 Å². The number of nitrogens with zero attached hydrogens (tertiary/aromatic N) is 3. The van der Waals surface area contributed by atoms with Gasteiger partial charge in [-0.25, -0.2) is 4.79 Å². The van der Waals surface area contributed by atoms with Crippen molar-refractivity contribution in [2.24, 2.45) is 0 Å². The van der Waals surface area contributed by atoms with Gasteiger partial charge in [-0.2, -0.15) is 0 Å². The molecule has 0 saturated carbocycles. The third kappa shape index (κ3) is 4.19. The van der Waals surface area contributed by atoms with Gasteiger partial charge in [-0.1, -0.05) is 18.1 Å². The first-order valence-electron chi connectivity index (χ1n) is 8.74. The normalized spacial score (nSPS) is 14.3. The van der Waals surface area contributed by atoms with E-state index in [1.165, 1.54) is 11.3 Å². The van der Waals surface area contributed by atoms with Crippen LogP contribution in [0, 0.1) is 6.92 Å². The molecule has 0 bridgehead atoms. The Bertz CT molecular complexity index is 822. The molecule has 0 atom stereocenters. The number of thiophene rings is 1. The number of aryl methyl sites for hydroxylation is 2. The summed E-state index contributed by atoms with van der Waals surface area (Å²) in [7, 11) is 0. The fourth-order valence-electron chi connectivity index (χ4n) is 2.93. The van der Waals surface area contributed by atoms with E-state index >= 15 is 0 Å². The monoisotopic (exact) mass is 391 g/mol. The van der Waals surface area contributed by atoms with E-state index in [-0.39, 0.29) is 24.0 Å². The molecular formula is C18H21N3O5S. The predicted octanol–water partition coefficient (Wildman–Crippen LogP) is 1.75. The summed E-state index contributed by atoms with van der Waals surface area (Å²) in [6.07, 6.45) is 0.538. The Labute approximate surface area is 160 Å². The number of carbonyl (C=O) groups is 3. The van der Waals surface area contributed by atoms with Gasteiger partial charge >= 0.3 is 5.97 Å². The van der Waals surface area contributed by atoms with Crippen LogP contribution in [0.5, 0.6) is 0 Å². The number of aromatic nitrogens is 1. The number of esters is 1. The summed E-state index contributed by atoms with van der Waals surface area (Å²) in [4.78, 5) is 40.9. The first-order chi connectivity index (χ1) is 13.0. The van der Waals surface area contributed by atoms with E-state index in [9.17, 15) is 14.4 Å². The summed E-state index contributed by atoms with van der Waals surface area (Å²) in [5, 5.41) is 5.67. The molecule has 2 amide bonds. The van der Waals surface area contributed by atoms with Gasteiger partial charge in [-0.3, -0.25) is 9.59 Å². The van der Waals surface area contributed by atoms with Gasteiger partial charge in [0.15, 0.2) is 6.61 Å². The van der Waals surface area contributed by atoms with Gasteiger partial charge in [0.05, 0.1) is 10.6 Å². The van der Waals surface area contributed by atoms with Crippen molar-refractivity contribution in [2.45, 2.75) is 20.3 Å². The second-order valence-corrected chi connectivity index (χ2v) is 7.09. The topological polar surface area (TPSA) is 92.9 Å². The number of hydrogen-bond donors (Lipinski definition) is 0. The average molecular weight is 391 g/mol. The Balaban J connectivity index is 1.49. The van der Waals surface area contributed by atoms with Crippen molar-refractivity contribution in [3.63, 3.8) is 0 Å². The molecule has 1 aliphatic rings. The molecular weight excluding hydrogens is 370 g/mol. The van der Waals surface area contributed by atoms with Gasteiger partial charge in [-0.05, 0) is 24.8 Å². The van der Waals surface area contributed by atoms with Crippen LogP contribution >= 0.6 is 11.3 Å². The van der Waals surface area contributed by atoms with Gasteiger partial charge < -0.3 is 19.1 Å². The summed E-state index contributed by atoms with van der Waals surface area (Å²) < 4.78 is 10.2. The highest BCUT2D eigenvalue weighted by Gasteiger charge is 2.27. The number of carbonyl (C=O) groups excluding carboxylic acids is 3. The Morgan fingerprint density at radius 3 is 2.56 bits per heavy atom. The lowest BCUT2D eigenvalue weighted by molar-refractivity contribution is -0.136. The van der Waals surface area contributed by atoms with E-state index in [4.69, 9.17) is 9.26 Å². The summed E-state index contributed by atoms with van der Waals surface area (Å²) in [5.74, 6) is -0.521. The van der Waals surface area contributed by atoms with E-state index < -0.39 is 5.97 Å². The number of piperazine rings is 1. The minimum Gasteiger partial charge on any atom is -0.452 e. The second-order valence-electron chi connectivity index (χ2n) is 6.14. The molecule has 0 aromatic carbocycles. The molecule has 1 fully saturated rings. The van der Waals surface area contributed by atoms with Crippen molar-refractivity contribution >= 4 is 29.1 Å².